The third-order valence-electron chi connectivity index (χ3n) is 16.4. The van der Waals surface area contributed by atoms with Crippen LogP contribution in [0.4, 0.5) is 0 Å². The van der Waals surface area contributed by atoms with Gasteiger partial charge < -0.3 is 40.8 Å². The van der Waals surface area contributed by atoms with Gasteiger partial charge >= 0.3 is 5.97 Å². The second kappa shape index (κ2) is 13.6. The minimum absolute atomic E-state index is 0.0430. The number of aliphatic hydroxyl groups is 1. The highest BCUT2D eigenvalue weighted by Crippen LogP contribution is 2.89. The van der Waals surface area contributed by atoms with Gasteiger partial charge in [-0.05, 0) is 162 Å². The van der Waals surface area contributed by atoms with Gasteiger partial charge in [-0.3, -0.25) is 4.79 Å². The van der Waals surface area contributed by atoms with Gasteiger partial charge in [-0.2, -0.15) is 0 Å². The average molecular weight is 793 g/mol. The number of thiol groups is 4. The smallest absolute Gasteiger partial charge is 0.303 e. The van der Waals surface area contributed by atoms with Crippen LogP contribution in [0.25, 0.3) is 0 Å². The van der Waals surface area contributed by atoms with E-state index in [9.17, 15) is 9.90 Å². The van der Waals surface area contributed by atoms with Gasteiger partial charge in [-0.15, -0.1) is 0 Å². The summed E-state index contributed by atoms with van der Waals surface area (Å²) in [6, 6.07) is 0. The Morgan fingerprint density at radius 1 is 0.922 bits per heavy atom. The van der Waals surface area contributed by atoms with Crippen LogP contribution in [0, 0.1) is 50.7 Å². The second-order valence-electron chi connectivity index (χ2n) is 18.9. The molecule has 5 aliphatic carbocycles. The Kier molecular flexibility index (Phi) is 10.6. The summed E-state index contributed by atoms with van der Waals surface area (Å²) in [4.78, 5) is 12.2. The third kappa shape index (κ3) is 5.55. The molecule has 3 unspecified atom stereocenters. The van der Waals surface area contributed by atoms with Crippen LogP contribution in [-0.4, -0.2) is 78.4 Å². The molecule has 14 heteroatoms. The van der Waals surface area contributed by atoms with Crippen molar-refractivity contribution in [1.29, 1.82) is 0 Å². The lowest BCUT2D eigenvalue weighted by Crippen LogP contribution is -2.61. The quantitative estimate of drug-likeness (QED) is 0.0741. The molecule has 5 saturated carbocycles. The summed E-state index contributed by atoms with van der Waals surface area (Å²) in [6.07, 6.45) is 3.92. The van der Waals surface area contributed by atoms with Crippen LogP contribution >= 0.6 is 51.6 Å². The molecule has 10 nitrogen and oxygen atoms in total. The van der Waals surface area contributed by atoms with E-state index in [4.69, 9.17) is 35.7 Å². The Morgan fingerprint density at radius 2 is 1.59 bits per heavy atom. The fraction of sp³-hybridized carbons (Fsp3) is 0.973. The molecule has 2 aliphatic heterocycles. The van der Waals surface area contributed by atoms with Gasteiger partial charge in [0.1, 0.15) is 17.8 Å². The minimum atomic E-state index is -0.872. The number of ether oxygens (including phenoxy) is 4. The molecular formula is C37H60O10S4. The third-order valence-corrected chi connectivity index (χ3v) is 17.6. The Balaban J connectivity index is 1.13. The summed E-state index contributed by atoms with van der Waals surface area (Å²) in [7, 11) is 0. The maximum absolute atomic E-state index is 12.7. The second-order valence-corrected chi connectivity index (χ2v) is 19.7. The van der Waals surface area contributed by atoms with Gasteiger partial charge in [0.2, 0.25) is 0 Å². The molecular weight excluding hydrogens is 733 g/mol. The van der Waals surface area contributed by atoms with Gasteiger partial charge in [-0.25, -0.2) is 0 Å². The number of fused-ring (bicyclic) bond motifs is 4. The SMILES string of the molecule is CC(=O)O[C@@H]([C@H]1C[C@@H](C)C2C(O1)[C@H](O)[C@@]1(C)[C@@H]3CC[C@H]4C(C)(C)[C@@H](OC5OC[C@@H](OS)[C@H](OS)[C@H]5OS)CC[C@@]45C[C@@]35CC[C@]21C)C(C)(C)OS. The van der Waals surface area contributed by atoms with Crippen LogP contribution in [0.2, 0.25) is 0 Å². The Morgan fingerprint density at radius 3 is 2.22 bits per heavy atom. The molecule has 17 atom stereocenters. The number of carbonyl (C=O) groups excluding carboxylic acids is 1. The Hall–Kier alpha value is 0.550. The van der Waals surface area contributed by atoms with Crippen molar-refractivity contribution >= 4 is 57.6 Å². The fourth-order valence-corrected chi connectivity index (χ4v) is 14.8. The van der Waals surface area contributed by atoms with Gasteiger partial charge in [0.25, 0.3) is 0 Å². The van der Waals surface area contributed by atoms with E-state index in [1.807, 2.05) is 13.8 Å². The summed E-state index contributed by atoms with van der Waals surface area (Å²) >= 11 is 16.3. The van der Waals surface area contributed by atoms with Crippen molar-refractivity contribution in [3.63, 3.8) is 0 Å². The highest BCUT2D eigenvalue weighted by molar-refractivity contribution is 7.75. The van der Waals surface area contributed by atoms with Crippen LogP contribution in [0.1, 0.15) is 107 Å². The number of carbonyl (C=O) groups is 1. The highest BCUT2D eigenvalue weighted by atomic mass is 32.1. The van der Waals surface area contributed by atoms with E-state index in [0.29, 0.717) is 11.8 Å². The summed E-state index contributed by atoms with van der Waals surface area (Å²) < 4.78 is 47.5. The van der Waals surface area contributed by atoms with E-state index in [2.05, 4.69) is 86.3 Å². The van der Waals surface area contributed by atoms with Crippen molar-refractivity contribution in [2.45, 2.75) is 167 Å². The topological polar surface area (TPSA) is 111 Å². The molecule has 1 N–H and O–H groups in total. The normalized spacial score (nSPS) is 52.0. The predicted octanol–water partition coefficient (Wildman–Crippen LogP) is 6.80. The van der Waals surface area contributed by atoms with Crippen LogP contribution in [0.15, 0.2) is 0 Å². The van der Waals surface area contributed by atoms with Crippen molar-refractivity contribution in [1.82, 2.24) is 0 Å². The number of aliphatic hydroxyl groups excluding tert-OH is 1. The lowest BCUT2D eigenvalue weighted by atomic mass is 9.41. The summed E-state index contributed by atoms with van der Waals surface area (Å²) in [6.45, 7) is 17.3. The van der Waals surface area contributed by atoms with Gasteiger partial charge in [-0.1, -0.05) is 34.6 Å². The van der Waals surface area contributed by atoms with Crippen LogP contribution in [-0.2, 0) is 40.5 Å². The molecule has 2 heterocycles. The monoisotopic (exact) mass is 792 g/mol. The molecule has 2 saturated heterocycles. The van der Waals surface area contributed by atoms with E-state index < -0.39 is 48.5 Å². The van der Waals surface area contributed by atoms with E-state index in [-0.39, 0.29) is 63.7 Å². The van der Waals surface area contributed by atoms with E-state index in [1.165, 1.54) is 19.8 Å². The van der Waals surface area contributed by atoms with Crippen molar-refractivity contribution in [3.05, 3.63) is 0 Å². The minimum Gasteiger partial charge on any atom is -0.457 e. The average Bonchev–Trinajstić information content (AvgIpc) is 3.72. The molecule has 0 radical (unpaired) electrons. The molecule has 292 valence electrons. The largest absolute Gasteiger partial charge is 0.457 e. The van der Waals surface area contributed by atoms with Gasteiger partial charge in [0.15, 0.2) is 18.5 Å². The zero-order valence-corrected chi connectivity index (χ0v) is 34.9. The van der Waals surface area contributed by atoms with Gasteiger partial charge in [0.05, 0.1) is 31.0 Å². The molecule has 0 amide bonds. The number of hydrogen-bond donors (Lipinski definition) is 5. The zero-order valence-electron chi connectivity index (χ0n) is 31.3. The molecule has 0 aromatic rings. The molecule has 0 aromatic heterocycles. The van der Waals surface area contributed by atoms with Crippen molar-refractivity contribution in [3.8, 4) is 0 Å². The first-order valence-electron chi connectivity index (χ1n) is 18.9. The van der Waals surface area contributed by atoms with Crippen LogP contribution in [0.5, 0.6) is 0 Å². The maximum atomic E-state index is 12.7. The highest BCUT2D eigenvalue weighted by Gasteiger charge is 2.84. The Bertz CT molecular complexity index is 1340. The number of esters is 1. The van der Waals surface area contributed by atoms with Crippen LogP contribution in [0.3, 0.4) is 0 Å². The molecule has 51 heavy (non-hydrogen) atoms. The first kappa shape index (κ1) is 39.8. The summed E-state index contributed by atoms with van der Waals surface area (Å²) in [5.41, 5.74) is -0.988. The first-order valence-corrected chi connectivity index (χ1v) is 20.4. The molecule has 7 aliphatic rings. The first-order chi connectivity index (χ1) is 23.9. The van der Waals surface area contributed by atoms with Crippen molar-refractivity contribution in [2.24, 2.45) is 50.7 Å². The van der Waals surface area contributed by atoms with Crippen molar-refractivity contribution in [2.75, 3.05) is 6.61 Å². The van der Waals surface area contributed by atoms with Gasteiger partial charge in [0, 0.05) is 12.3 Å². The lowest BCUT2D eigenvalue weighted by molar-refractivity contribution is -0.288. The predicted molar refractivity (Wildman–Crippen MR) is 202 cm³/mol. The standard InChI is InChI=1S/C37H60O10S4/c1-18-15-20(30(41-19(2)38)33(5,6)47-51)42-27-25(18)34(7)13-14-37-17-36(37)12-11-24(43-31-28(46-50)26(45-49)21(44-48)16-40-31)32(3,4)22(36)9-10-23(37)35(34,8)29(27)39/h18,20-31,39,48-51H,9-17H2,1-8H3/t18-,20-,21-,22+,23+,24+,25?,26+,27?,28-,29+,30+,31?,34-,35-,36-,37+/m1/s1. The zero-order chi connectivity index (χ0) is 37.1. The summed E-state index contributed by atoms with van der Waals surface area (Å²) in [5, 5.41) is 12.7. The molecule has 0 bridgehead atoms. The maximum Gasteiger partial charge on any atom is 0.303 e. The lowest BCUT2D eigenvalue weighted by Gasteiger charge is -2.64. The Labute approximate surface area is 326 Å². The molecule has 0 aromatic carbocycles. The molecule has 7 fully saturated rings. The summed E-state index contributed by atoms with van der Waals surface area (Å²) in [5.74, 6) is 0.951. The fourth-order valence-electron chi connectivity index (χ4n) is 14.0. The van der Waals surface area contributed by atoms with E-state index in [0.717, 1.165) is 38.5 Å². The van der Waals surface area contributed by atoms with Crippen LogP contribution < -0.4 is 0 Å². The van der Waals surface area contributed by atoms with E-state index >= 15 is 0 Å². The van der Waals surface area contributed by atoms with Crippen molar-refractivity contribution < 1.29 is 45.6 Å². The molecule has 7 rings (SSSR count). The number of hydrogen-bond acceptors (Lipinski definition) is 14. The molecule has 2 spiro atoms. The van der Waals surface area contributed by atoms with E-state index in [1.54, 1.807) is 0 Å². The number of rotatable bonds is 9.